The Morgan fingerprint density at radius 3 is 2.66 bits per heavy atom. The Bertz CT molecular complexity index is 1110. The molecule has 0 aromatic heterocycles. The van der Waals surface area contributed by atoms with E-state index in [-0.39, 0.29) is 6.04 Å². The molecule has 1 saturated heterocycles. The Balaban J connectivity index is 1.27. The second-order valence-corrected chi connectivity index (χ2v) is 11.5. The SMILES string of the molecule is CS(=O)(=O)C1(c2ccc(OC[C@@H]3CN(CCc4cc(Cl)cc(C#N)c4)CCN3)cc2)CC1. The topological polar surface area (TPSA) is 82.4 Å². The summed E-state index contributed by atoms with van der Waals surface area (Å²) >= 11 is 6.11. The first kappa shape index (κ1) is 23.1. The molecule has 1 aliphatic carbocycles. The van der Waals surface area contributed by atoms with E-state index in [9.17, 15) is 8.42 Å². The maximum atomic E-state index is 12.1. The number of halogens is 1. The van der Waals surface area contributed by atoms with Crippen molar-refractivity contribution in [2.45, 2.75) is 30.1 Å². The summed E-state index contributed by atoms with van der Waals surface area (Å²) in [7, 11) is -3.10. The van der Waals surface area contributed by atoms with Crippen molar-refractivity contribution in [2.75, 3.05) is 39.0 Å². The molecule has 0 spiro atoms. The molecule has 2 fully saturated rings. The summed E-state index contributed by atoms with van der Waals surface area (Å²) < 4.78 is 29.5. The predicted octanol–water partition coefficient (Wildman–Crippen LogP) is 3.14. The van der Waals surface area contributed by atoms with Gasteiger partial charge in [0.25, 0.3) is 0 Å². The van der Waals surface area contributed by atoms with Crippen molar-refractivity contribution in [3.8, 4) is 11.8 Å². The zero-order valence-corrected chi connectivity index (χ0v) is 19.8. The number of nitrogens with one attached hydrogen (secondary N) is 1. The van der Waals surface area contributed by atoms with Crippen LogP contribution in [0.3, 0.4) is 0 Å². The Kier molecular flexibility index (Phi) is 6.78. The Hall–Kier alpha value is -2.11. The smallest absolute Gasteiger partial charge is 0.157 e. The van der Waals surface area contributed by atoms with Crippen molar-refractivity contribution in [1.82, 2.24) is 10.2 Å². The van der Waals surface area contributed by atoms with Gasteiger partial charge >= 0.3 is 0 Å². The van der Waals surface area contributed by atoms with E-state index in [1.54, 1.807) is 6.07 Å². The number of hydrogen-bond donors (Lipinski definition) is 1. The van der Waals surface area contributed by atoms with Crippen LogP contribution < -0.4 is 10.1 Å². The lowest BCUT2D eigenvalue weighted by atomic mass is 10.1. The van der Waals surface area contributed by atoms with Crippen LogP contribution in [0.15, 0.2) is 42.5 Å². The maximum Gasteiger partial charge on any atom is 0.157 e. The van der Waals surface area contributed by atoms with Gasteiger partial charge in [0.1, 0.15) is 12.4 Å². The quantitative estimate of drug-likeness (QED) is 0.634. The molecule has 1 aliphatic heterocycles. The van der Waals surface area contributed by atoms with Crippen molar-refractivity contribution in [2.24, 2.45) is 0 Å². The van der Waals surface area contributed by atoms with E-state index in [1.165, 1.54) is 6.26 Å². The van der Waals surface area contributed by atoms with Crippen molar-refractivity contribution >= 4 is 21.4 Å². The zero-order valence-electron chi connectivity index (χ0n) is 18.2. The second-order valence-electron chi connectivity index (χ2n) is 8.76. The minimum Gasteiger partial charge on any atom is -0.492 e. The number of rotatable bonds is 8. The molecular weight excluding hydrogens is 446 g/mol. The van der Waals surface area contributed by atoms with Crippen LogP contribution >= 0.6 is 11.6 Å². The third-order valence-electron chi connectivity index (χ3n) is 6.39. The number of ether oxygens (including phenoxy) is 1. The van der Waals surface area contributed by atoms with E-state index in [1.807, 2.05) is 36.4 Å². The standard InChI is InChI=1S/C24H28ClN3O3S/c1-32(29,30)24(7-8-24)20-2-4-23(5-3-20)31-17-22-16-28(11-9-27-22)10-6-18-12-19(15-26)14-21(25)13-18/h2-5,12-14,22,27H,6-11,16-17H2,1H3/t22-/m0/s1. The number of hydrogen-bond acceptors (Lipinski definition) is 6. The highest BCUT2D eigenvalue weighted by molar-refractivity contribution is 7.92. The third kappa shape index (κ3) is 5.26. The lowest BCUT2D eigenvalue weighted by molar-refractivity contribution is 0.159. The molecule has 2 aromatic carbocycles. The highest BCUT2D eigenvalue weighted by atomic mass is 35.5. The molecule has 2 aliphatic rings. The molecule has 0 bridgehead atoms. The molecule has 1 saturated carbocycles. The zero-order chi connectivity index (χ0) is 22.8. The summed E-state index contributed by atoms with van der Waals surface area (Å²) in [4.78, 5) is 2.39. The normalized spacial score (nSPS) is 20.5. The fourth-order valence-corrected chi connectivity index (χ4v) is 6.06. The van der Waals surface area contributed by atoms with E-state index < -0.39 is 14.6 Å². The molecule has 32 heavy (non-hydrogen) atoms. The number of piperazine rings is 1. The van der Waals surface area contributed by atoms with Gasteiger partial charge in [-0.2, -0.15) is 5.26 Å². The van der Waals surface area contributed by atoms with E-state index in [2.05, 4.69) is 16.3 Å². The van der Waals surface area contributed by atoms with Crippen molar-refractivity contribution in [3.05, 3.63) is 64.2 Å². The van der Waals surface area contributed by atoms with Crippen molar-refractivity contribution < 1.29 is 13.2 Å². The van der Waals surface area contributed by atoms with Gasteiger partial charge in [0.05, 0.1) is 22.4 Å². The Morgan fingerprint density at radius 2 is 2.00 bits per heavy atom. The van der Waals surface area contributed by atoms with Gasteiger partial charge in [0.2, 0.25) is 0 Å². The molecule has 2 aromatic rings. The van der Waals surface area contributed by atoms with Gasteiger partial charge in [0, 0.05) is 37.5 Å². The average Bonchev–Trinajstić information content (AvgIpc) is 3.59. The molecule has 6 nitrogen and oxygen atoms in total. The minimum atomic E-state index is -3.10. The van der Waals surface area contributed by atoms with Gasteiger partial charge < -0.3 is 15.0 Å². The number of sulfone groups is 1. The highest BCUT2D eigenvalue weighted by Gasteiger charge is 2.53. The van der Waals surface area contributed by atoms with E-state index in [0.29, 0.717) is 30.0 Å². The maximum absolute atomic E-state index is 12.1. The van der Waals surface area contributed by atoms with Gasteiger partial charge in [0.15, 0.2) is 9.84 Å². The lowest BCUT2D eigenvalue weighted by Crippen LogP contribution is -2.53. The Labute approximate surface area is 195 Å². The largest absolute Gasteiger partial charge is 0.492 e. The number of nitrogens with zero attached hydrogens (tertiary/aromatic N) is 2. The van der Waals surface area contributed by atoms with E-state index in [0.717, 1.165) is 49.5 Å². The molecule has 0 radical (unpaired) electrons. The molecule has 8 heteroatoms. The first-order chi connectivity index (χ1) is 15.3. The molecule has 0 amide bonds. The number of benzene rings is 2. The molecule has 0 unspecified atom stereocenters. The van der Waals surface area contributed by atoms with Crippen LogP contribution in [0.5, 0.6) is 5.75 Å². The van der Waals surface area contributed by atoms with E-state index in [4.69, 9.17) is 21.6 Å². The van der Waals surface area contributed by atoms with Gasteiger partial charge in [-0.25, -0.2) is 8.42 Å². The van der Waals surface area contributed by atoms with Crippen LogP contribution in [0, 0.1) is 11.3 Å². The molecular formula is C24H28ClN3O3S. The second kappa shape index (κ2) is 9.40. The van der Waals surface area contributed by atoms with E-state index >= 15 is 0 Å². The monoisotopic (exact) mass is 473 g/mol. The first-order valence-electron chi connectivity index (χ1n) is 10.9. The molecule has 1 heterocycles. The Morgan fingerprint density at radius 1 is 1.25 bits per heavy atom. The fraction of sp³-hybridized carbons (Fsp3) is 0.458. The van der Waals surface area contributed by atoms with Crippen LogP contribution in [0.25, 0.3) is 0 Å². The van der Waals surface area contributed by atoms with Gasteiger partial charge in [-0.05, 0) is 60.7 Å². The summed E-state index contributed by atoms with van der Waals surface area (Å²) in [5, 5.41) is 13.2. The third-order valence-corrected chi connectivity index (χ3v) is 8.67. The van der Waals surface area contributed by atoms with Crippen molar-refractivity contribution in [3.63, 3.8) is 0 Å². The fourth-order valence-electron chi connectivity index (χ4n) is 4.39. The van der Waals surface area contributed by atoms with Crippen molar-refractivity contribution in [1.29, 1.82) is 5.26 Å². The average molecular weight is 474 g/mol. The van der Waals surface area contributed by atoms with Crippen LogP contribution in [-0.2, 0) is 21.0 Å². The van der Waals surface area contributed by atoms with Crippen LogP contribution in [0.2, 0.25) is 5.02 Å². The molecule has 4 rings (SSSR count). The predicted molar refractivity (Wildman–Crippen MR) is 126 cm³/mol. The molecule has 170 valence electrons. The summed E-state index contributed by atoms with van der Waals surface area (Å²) in [6, 6.07) is 15.4. The summed E-state index contributed by atoms with van der Waals surface area (Å²) in [5.74, 6) is 0.750. The van der Waals surface area contributed by atoms with Crippen LogP contribution in [-0.4, -0.2) is 58.4 Å². The lowest BCUT2D eigenvalue weighted by Gasteiger charge is -2.33. The van der Waals surface area contributed by atoms with Gasteiger partial charge in [-0.1, -0.05) is 23.7 Å². The molecule has 1 N–H and O–H groups in total. The molecule has 1 atom stereocenters. The van der Waals surface area contributed by atoms with Crippen LogP contribution in [0.1, 0.15) is 29.5 Å². The minimum absolute atomic E-state index is 0.211. The van der Waals surface area contributed by atoms with Crippen LogP contribution in [0.4, 0.5) is 0 Å². The first-order valence-corrected chi connectivity index (χ1v) is 13.1. The summed E-state index contributed by atoms with van der Waals surface area (Å²) in [6.07, 6.45) is 3.55. The van der Waals surface area contributed by atoms with Gasteiger partial charge in [-0.15, -0.1) is 0 Å². The summed E-state index contributed by atoms with van der Waals surface area (Å²) in [5.41, 5.74) is 2.52. The number of nitriles is 1. The summed E-state index contributed by atoms with van der Waals surface area (Å²) in [6.45, 7) is 4.17. The van der Waals surface area contributed by atoms with Gasteiger partial charge in [-0.3, -0.25) is 0 Å². The highest BCUT2D eigenvalue weighted by Crippen LogP contribution is 2.52.